The molecule has 0 aromatic heterocycles. The molecule has 4 atom stereocenters. The van der Waals surface area contributed by atoms with Gasteiger partial charge in [-0.15, -0.1) is 0 Å². The number of nitrogens with one attached hydrogen (secondary N) is 3. The first-order valence-electron chi connectivity index (χ1n) is 11.3. The number of guanidine groups is 1. The number of carbonyl (C=O) groups is 4. The summed E-state index contributed by atoms with van der Waals surface area (Å²) in [6.45, 7) is -0.0363. The van der Waals surface area contributed by atoms with Crippen molar-refractivity contribution in [3.8, 4) is 0 Å². The number of aliphatic imine (C=N–C) groups is 1. The quantitative estimate of drug-likeness (QED) is 0.0464. The number of hydrogen-bond acceptors (Lipinski definition) is 9. The molecule has 4 unspecified atom stereocenters. The molecule has 0 aliphatic carbocycles. The average Bonchev–Trinajstić information content (AvgIpc) is 2.81. The molecule has 0 spiro atoms. The van der Waals surface area contributed by atoms with Crippen LogP contribution in [-0.4, -0.2) is 95.7 Å². The van der Waals surface area contributed by atoms with Gasteiger partial charge in [-0.1, -0.05) is 0 Å². The number of carbonyl (C=O) groups excluding carboxylic acids is 3. The largest absolute Gasteiger partial charge is 0.480 e. The molecule has 0 radical (unpaired) electrons. The fraction of sp³-hybridized carbons (Fsp3) is 0.750. The van der Waals surface area contributed by atoms with Gasteiger partial charge in [0.25, 0.3) is 0 Å². The molecule has 202 valence electrons. The van der Waals surface area contributed by atoms with Crippen molar-refractivity contribution in [2.75, 3.05) is 31.7 Å². The molecule has 0 rings (SSSR count). The molecular formula is C20H40N8O6S. The Balaban J connectivity index is 5.51. The van der Waals surface area contributed by atoms with Crippen LogP contribution in [0, 0.1) is 0 Å². The van der Waals surface area contributed by atoms with Crippen LogP contribution in [0.1, 0.15) is 38.5 Å². The van der Waals surface area contributed by atoms with Crippen LogP contribution in [0.3, 0.4) is 0 Å². The lowest BCUT2D eigenvalue weighted by Gasteiger charge is -2.25. The number of nitrogens with zero attached hydrogens (tertiary/aromatic N) is 1. The van der Waals surface area contributed by atoms with E-state index in [9.17, 15) is 24.3 Å². The average molecular weight is 521 g/mol. The predicted molar refractivity (Wildman–Crippen MR) is 134 cm³/mol. The fourth-order valence-corrected chi connectivity index (χ4v) is 3.40. The standard InChI is InChI=1S/C20H40N8O6S/c1-35-10-7-15(19(33)34)28-18(32)13(5-2-3-8-21)27-17(31)14(6-4-9-25-20(23)24)26-16(30)12(22)11-29/h12-15,29H,2-11,21-22H2,1H3,(H,26,30)(H,27,31)(H,28,32)(H,33,34)(H4,23,24,25). The summed E-state index contributed by atoms with van der Waals surface area (Å²) >= 11 is 1.44. The highest BCUT2D eigenvalue weighted by Crippen LogP contribution is 2.07. The summed E-state index contributed by atoms with van der Waals surface area (Å²) in [7, 11) is 0. The van der Waals surface area contributed by atoms with Crippen molar-refractivity contribution in [1.29, 1.82) is 0 Å². The van der Waals surface area contributed by atoms with Crippen LogP contribution in [0.15, 0.2) is 4.99 Å². The van der Waals surface area contributed by atoms with E-state index in [1.54, 1.807) is 0 Å². The van der Waals surface area contributed by atoms with Crippen molar-refractivity contribution in [1.82, 2.24) is 16.0 Å². The van der Waals surface area contributed by atoms with E-state index < -0.39 is 54.5 Å². The maximum atomic E-state index is 13.0. The monoisotopic (exact) mass is 520 g/mol. The van der Waals surface area contributed by atoms with Gasteiger partial charge in [0.1, 0.15) is 24.2 Å². The Morgan fingerprint density at radius 2 is 1.43 bits per heavy atom. The second-order valence-electron chi connectivity index (χ2n) is 7.83. The van der Waals surface area contributed by atoms with E-state index in [4.69, 9.17) is 28.0 Å². The van der Waals surface area contributed by atoms with E-state index >= 15 is 0 Å². The molecule has 0 fully saturated rings. The first-order chi connectivity index (χ1) is 16.6. The van der Waals surface area contributed by atoms with Gasteiger partial charge in [-0.05, 0) is 57.1 Å². The van der Waals surface area contributed by atoms with Gasteiger partial charge in [0, 0.05) is 6.54 Å². The SMILES string of the molecule is CSCCC(NC(=O)C(CCCCN)NC(=O)C(CCCN=C(N)N)NC(=O)C(N)CO)C(=O)O. The number of carboxylic acids is 1. The van der Waals surface area contributed by atoms with Gasteiger partial charge >= 0.3 is 5.97 Å². The van der Waals surface area contributed by atoms with Crippen molar-refractivity contribution in [2.45, 2.75) is 62.7 Å². The number of amides is 3. The lowest BCUT2D eigenvalue weighted by atomic mass is 10.1. The zero-order valence-electron chi connectivity index (χ0n) is 20.1. The predicted octanol–water partition coefficient (Wildman–Crippen LogP) is -3.22. The Morgan fingerprint density at radius 1 is 0.886 bits per heavy atom. The lowest BCUT2D eigenvalue weighted by Crippen LogP contribution is -2.57. The third-order valence-electron chi connectivity index (χ3n) is 4.92. The summed E-state index contributed by atoms with van der Waals surface area (Å²) in [5.41, 5.74) is 21.6. The summed E-state index contributed by atoms with van der Waals surface area (Å²) < 4.78 is 0. The second kappa shape index (κ2) is 18.7. The lowest BCUT2D eigenvalue weighted by molar-refractivity contribution is -0.142. The highest BCUT2D eigenvalue weighted by atomic mass is 32.2. The highest BCUT2D eigenvalue weighted by Gasteiger charge is 2.29. The molecular weight excluding hydrogens is 480 g/mol. The number of rotatable bonds is 19. The van der Waals surface area contributed by atoms with Crippen molar-refractivity contribution < 1.29 is 29.4 Å². The van der Waals surface area contributed by atoms with Crippen LogP contribution >= 0.6 is 11.8 Å². The Hall–Kier alpha value is -2.62. The maximum Gasteiger partial charge on any atom is 0.326 e. The van der Waals surface area contributed by atoms with Gasteiger partial charge < -0.3 is 49.1 Å². The first-order valence-corrected chi connectivity index (χ1v) is 12.7. The Bertz CT molecular complexity index is 707. The van der Waals surface area contributed by atoms with Crippen molar-refractivity contribution >= 4 is 41.4 Å². The molecule has 3 amide bonds. The Morgan fingerprint density at radius 3 is 1.91 bits per heavy atom. The number of carboxylic acid groups (broad SMARTS) is 1. The normalized spacial score (nSPS) is 14.2. The van der Waals surface area contributed by atoms with Crippen molar-refractivity contribution in [3.63, 3.8) is 0 Å². The van der Waals surface area contributed by atoms with Crippen LogP contribution in [0.4, 0.5) is 0 Å². The molecule has 35 heavy (non-hydrogen) atoms. The van der Waals surface area contributed by atoms with E-state index in [0.29, 0.717) is 31.6 Å². The molecule has 0 aliphatic heterocycles. The minimum atomic E-state index is -1.24. The van der Waals surface area contributed by atoms with E-state index in [1.165, 1.54) is 11.8 Å². The van der Waals surface area contributed by atoms with Crippen molar-refractivity contribution in [2.24, 2.45) is 27.9 Å². The summed E-state index contributed by atoms with van der Waals surface area (Å²) in [6.07, 6.45) is 3.80. The van der Waals surface area contributed by atoms with E-state index in [-0.39, 0.29) is 31.8 Å². The zero-order chi connectivity index (χ0) is 26.8. The first kappa shape index (κ1) is 32.4. The maximum absolute atomic E-state index is 13.0. The minimum absolute atomic E-state index is 0.120. The third kappa shape index (κ3) is 14.4. The van der Waals surface area contributed by atoms with Crippen LogP contribution < -0.4 is 38.9 Å². The number of unbranched alkanes of at least 4 members (excludes halogenated alkanes) is 1. The number of aliphatic carboxylic acids is 1. The molecule has 0 aromatic rings. The molecule has 15 heteroatoms. The summed E-state index contributed by atoms with van der Waals surface area (Å²) in [5, 5.41) is 26.1. The fourth-order valence-electron chi connectivity index (χ4n) is 2.93. The second-order valence-corrected chi connectivity index (χ2v) is 8.81. The number of thioether (sulfide) groups is 1. The van der Waals surface area contributed by atoms with E-state index in [0.717, 1.165) is 0 Å². The van der Waals surface area contributed by atoms with Crippen LogP contribution in [-0.2, 0) is 19.2 Å². The summed E-state index contributed by atoms with van der Waals surface area (Å²) in [5.74, 6) is -2.85. The van der Waals surface area contributed by atoms with Gasteiger partial charge in [0.05, 0.1) is 6.61 Å². The van der Waals surface area contributed by atoms with Gasteiger partial charge in [-0.2, -0.15) is 11.8 Å². The molecule has 0 heterocycles. The van der Waals surface area contributed by atoms with Gasteiger partial charge in [0.15, 0.2) is 5.96 Å². The molecule has 14 nitrogen and oxygen atoms in total. The van der Waals surface area contributed by atoms with Crippen LogP contribution in [0.5, 0.6) is 0 Å². The zero-order valence-corrected chi connectivity index (χ0v) is 20.9. The minimum Gasteiger partial charge on any atom is -0.480 e. The molecule has 0 saturated heterocycles. The topological polar surface area (TPSA) is 261 Å². The van der Waals surface area contributed by atoms with Gasteiger partial charge in [-0.3, -0.25) is 19.4 Å². The Kier molecular flexibility index (Phi) is 17.3. The smallest absolute Gasteiger partial charge is 0.326 e. The molecule has 0 saturated carbocycles. The van der Waals surface area contributed by atoms with Crippen LogP contribution in [0.2, 0.25) is 0 Å². The van der Waals surface area contributed by atoms with E-state index in [2.05, 4.69) is 20.9 Å². The molecule has 13 N–H and O–H groups in total. The third-order valence-corrected chi connectivity index (χ3v) is 5.56. The number of hydrogen-bond donors (Lipinski definition) is 9. The number of aliphatic hydroxyl groups is 1. The molecule has 0 aromatic carbocycles. The summed E-state index contributed by atoms with van der Waals surface area (Å²) in [4.78, 5) is 53.4. The highest BCUT2D eigenvalue weighted by molar-refractivity contribution is 7.98. The molecule has 0 aliphatic rings. The number of nitrogens with two attached hydrogens (primary N) is 4. The Labute approximate surface area is 209 Å². The van der Waals surface area contributed by atoms with Gasteiger partial charge in [-0.25, -0.2) is 4.79 Å². The van der Waals surface area contributed by atoms with Gasteiger partial charge in [0.2, 0.25) is 17.7 Å². The number of aliphatic hydroxyl groups excluding tert-OH is 1. The van der Waals surface area contributed by atoms with Crippen LogP contribution in [0.25, 0.3) is 0 Å². The van der Waals surface area contributed by atoms with Crippen molar-refractivity contribution in [3.05, 3.63) is 0 Å². The molecule has 0 bridgehead atoms. The van der Waals surface area contributed by atoms with E-state index in [1.807, 2.05) is 6.26 Å². The summed E-state index contributed by atoms with van der Waals surface area (Å²) in [6, 6.07) is -4.49.